The highest BCUT2D eigenvalue weighted by Gasteiger charge is 2.44. The second kappa shape index (κ2) is 6.21. The molecule has 0 bridgehead atoms. The van der Waals surface area contributed by atoms with Gasteiger partial charge in [-0.1, -0.05) is 30.7 Å². The third-order valence-electron chi connectivity index (χ3n) is 3.95. The molecule has 0 aromatic heterocycles. The molecule has 0 heterocycles. The molecule has 0 aliphatic heterocycles. The summed E-state index contributed by atoms with van der Waals surface area (Å²) in [6, 6.07) is 5.31. The van der Waals surface area contributed by atoms with Crippen molar-refractivity contribution in [1.82, 2.24) is 5.32 Å². The minimum Gasteiger partial charge on any atom is -0.383 e. The normalized spacial score (nSPS) is 26.2. The fraction of sp³-hybridized carbons (Fsp3) is 0.600. The van der Waals surface area contributed by atoms with Gasteiger partial charge in [-0.05, 0) is 30.4 Å². The topological polar surface area (TPSA) is 21.3 Å². The Kier molecular flexibility index (Phi) is 4.82. The molecule has 0 radical (unpaired) electrons. The molecular formula is C15H21ClFNO. The smallest absolute Gasteiger partial charge is 0.145 e. The van der Waals surface area contributed by atoms with Gasteiger partial charge in [0, 0.05) is 25.6 Å². The lowest BCUT2D eigenvalue weighted by Gasteiger charge is -2.47. The van der Waals surface area contributed by atoms with Crippen molar-refractivity contribution in [2.75, 3.05) is 26.8 Å². The molecule has 2 rings (SSSR count). The number of halogens is 2. The minimum absolute atomic E-state index is 0.109. The lowest BCUT2D eigenvalue weighted by molar-refractivity contribution is 0.140. The van der Waals surface area contributed by atoms with Crippen LogP contribution in [0.2, 0.25) is 5.02 Å². The lowest BCUT2D eigenvalue weighted by atomic mass is 9.59. The molecule has 1 fully saturated rings. The lowest BCUT2D eigenvalue weighted by Crippen LogP contribution is -2.48. The first-order chi connectivity index (χ1) is 9.09. The minimum atomic E-state index is -0.260. The summed E-state index contributed by atoms with van der Waals surface area (Å²) in [4.78, 5) is 0. The summed E-state index contributed by atoms with van der Waals surface area (Å²) in [5, 5.41) is 3.58. The second-order valence-corrected chi connectivity index (χ2v) is 5.97. The van der Waals surface area contributed by atoms with Crippen molar-refractivity contribution >= 4 is 11.6 Å². The molecule has 4 heteroatoms. The van der Waals surface area contributed by atoms with Gasteiger partial charge in [-0.3, -0.25) is 0 Å². The van der Waals surface area contributed by atoms with Gasteiger partial charge in [-0.15, -0.1) is 0 Å². The highest BCUT2D eigenvalue weighted by atomic mass is 35.5. The number of nitrogens with one attached hydrogen (secondary N) is 1. The Balaban J connectivity index is 2.13. The Bertz CT molecular complexity index is 432. The molecule has 1 saturated carbocycles. The molecule has 0 amide bonds. The number of hydrogen-bond acceptors (Lipinski definition) is 2. The fourth-order valence-electron chi connectivity index (χ4n) is 3.15. The number of ether oxygens (including phenoxy) is 1. The molecule has 1 aromatic carbocycles. The number of benzene rings is 1. The fourth-order valence-corrected chi connectivity index (χ4v) is 3.32. The van der Waals surface area contributed by atoms with Gasteiger partial charge in [-0.25, -0.2) is 4.39 Å². The van der Waals surface area contributed by atoms with Crippen molar-refractivity contribution in [2.24, 2.45) is 5.92 Å². The van der Waals surface area contributed by atoms with E-state index in [4.69, 9.17) is 16.3 Å². The summed E-state index contributed by atoms with van der Waals surface area (Å²) in [6.45, 7) is 4.44. The average Bonchev–Trinajstić information content (AvgIpc) is 2.35. The Morgan fingerprint density at radius 1 is 1.47 bits per heavy atom. The van der Waals surface area contributed by atoms with E-state index in [0.29, 0.717) is 12.5 Å². The van der Waals surface area contributed by atoms with Crippen LogP contribution in [0.4, 0.5) is 4.39 Å². The molecule has 1 aliphatic carbocycles. The van der Waals surface area contributed by atoms with Gasteiger partial charge in [0.05, 0.1) is 11.6 Å². The van der Waals surface area contributed by atoms with E-state index >= 15 is 0 Å². The predicted octanol–water partition coefficient (Wildman–Crippen LogP) is 3.38. The largest absolute Gasteiger partial charge is 0.383 e. The Morgan fingerprint density at radius 3 is 2.84 bits per heavy atom. The number of rotatable bonds is 6. The maximum atomic E-state index is 14.2. The monoisotopic (exact) mass is 285 g/mol. The van der Waals surface area contributed by atoms with Crippen LogP contribution < -0.4 is 5.32 Å². The Morgan fingerprint density at radius 2 is 2.21 bits per heavy atom. The standard InChI is InChI=1S/C15H21ClFNO/c1-11-8-15(9-11,10-18-6-7-19-2)12-4-3-5-13(16)14(12)17/h3-5,11,18H,6-10H2,1-2H3. The van der Waals surface area contributed by atoms with Crippen molar-refractivity contribution in [1.29, 1.82) is 0 Å². The molecule has 19 heavy (non-hydrogen) atoms. The number of methoxy groups -OCH3 is 1. The SMILES string of the molecule is COCCNCC1(c2cccc(Cl)c2F)CC(C)C1. The summed E-state index contributed by atoms with van der Waals surface area (Å²) in [7, 11) is 1.68. The maximum absolute atomic E-state index is 14.2. The first kappa shape index (κ1) is 14.8. The van der Waals surface area contributed by atoms with E-state index in [0.717, 1.165) is 31.5 Å². The van der Waals surface area contributed by atoms with Gasteiger partial charge in [-0.2, -0.15) is 0 Å². The third-order valence-corrected chi connectivity index (χ3v) is 4.24. The molecule has 106 valence electrons. The molecule has 0 saturated heterocycles. The summed E-state index contributed by atoms with van der Waals surface area (Å²) in [5.74, 6) is 0.382. The van der Waals surface area contributed by atoms with Crippen LogP contribution in [0.25, 0.3) is 0 Å². The first-order valence-electron chi connectivity index (χ1n) is 6.73. The Hall–Kier alpha value is -0.640. The van der Waals surface area contributed by atoms with E-state index in [1.807, 2.05) is 12.1 Å². The van der Waals surface area contributed by atoms with Crippen LogP contribution in [0.15, 0.2) is 18.2 Å². The highest BCUT2D eigenvalue weighted by molar-refractivity contribution is 6.30. The van der Waals surface area contributed by atoms with Crippen molar-refractivity contribution in [3.05, 3.63) is 34.6 Å². The zero-order chi connectivity index (χ0) is 13.9. The van der Waals surface area contributed by atoms with E-state index in [2.05, 4.69) is 12.2 Å². The van der Waals surface area contributed by atoms with E-state index in [9.17, 15) is 4.39 Å². The highest BCUT2D eigenvalue weighted by Crippen LogP contribution is 2.48. The molecule has 1 aromatic rings. The third kappa shape index (κ3) is 3.10. The van der Waals surface area contributed by atoms with Crippen LogP contribution in [0.5, 0.6) is 0 Å². The van der Waals surface area contributed by atoms with Gasteiger partial charge >= 0.3 is 0 Å². The second-order valence-electron chi connectivity index (χ2n) is 5.56. The van der Waals surface area contributed by atoms with Crippen LogP contribution >= 0.6 is 11.6 Å². The zero-order valence-electron chi connectivity index (χ0n) is 11.5. The summed E-state index contributed by atoms with van der Waals surface area (Å²) in [5.41, 5.74) is 0.644. The maximum Gasteiger partial charge on any atom is 0.145 e. The first-order valence-corrected chi connectivity index (χ1v) is 7.11. The quantitative estimate of drug-likeness (QED) is 0.809. The van der Waals surface area contributed by atoms with Crippen LogP contribution in [0.1, 0.15) is 25.3 Å². The van der Waals surface area contributed by atoms with Crippen LogP contribution in [0, 0.1) is 11.7 Å². The van der Waals surface area contributed by atoms with Crippen LogP contribution in [-0.4, -0.2) is 26.8 Å². The van der Waals surface area contributed by atoms with Crippen LogP contribution in [0.3, 0.4) is 0 Å². The summed E-state index contributed by atoms with van der Waals surface area (Å²) < 4.78 is 19.3. The van der Waals surface area contributed by atoms with Crippen molar-refractivity contribution in [2.45, 2.75) is 25.2 Å². The molecule has 0 atom stereocenters. The molecular weight excluding hydrogens is 265 g/mol. The van der Waals surface area contributed by atoms with Gasteiger partial charge in [0.2, 0.25) is 0 Å². The van der Waals surface area contributed by atoms with Gasteiger partial charge in [0.15, 0.2) is 0 Å². The predicted molar refractivity (Wildman–Crippen MR) is 76.2 cm³/mol. The van der Waals surface area contributed by atoms with Crippen molar-refractivity contribution in [3.8, 4) is 0 Å². The van der Waals surface area contributed by atoms with Gasteiger partial charge in [0.1, 0.15) is 5.82 Å². The molecule has 2 nitrogen and oxygen atoms in total. The zero-order valence-corrected chi connectivity index (χ0v) is 12.3. The molecule has 1 aliphatic rings. The van der Waals surface area contributed by atoms with E-state index in [-0.39, 0.29) is 16.3 Å². The average molecular weight is 286 g/mol. The molecule has 0 unspecified atom stereocenters. The van der Waals surface area contributed by atoms with E-state index in [1.165, 1.54) is 0 Å². The van der Waals surface area contributed by atoms with E-state index in [1.54, 1.807) is 13.2 Å². The Labute approximate surface area is 119 Å². The van der Waals surface area contributed by atoms with E-state index < -0.39 is 0 Å². The van der Waals surface area contributed by atoms with Crippen molar-refractivity contribution < 1.29 is 9.13 Å². The van der Waals surface area contributed by atoms with Crippen LogP contribution in [-0.2, 0) is 10.2 Å². The van der Waals surface area contributed by atoms with Gasteiger partial charge < -0.3 is 10.1 Å². The number of hydrogen-bond donors (Lipinski definition) is 1. The van der Waals surface area contributed by atoms with Gasteiger partial charge in [0.25, 0.3) is 0 Å². The summed E-state index contributed by atoms with van der Waals surface area (Å²) in [6.07, 6.45) is 2.01. The van der Waals surface area contributed by atoms with Crippen molar-refractivity contribution in [3.63, 3.8) is 0 Å². The molecule has 1 N–H and O–H groups in total. The summed E-state index contributed by atoms with van der Waals surface area (Å²) >= 11 is 5.91. The molecule has 0 spiro atoms.